The van der Waals surface area contributed by atoms with Gasteiger partial charge in [0.2, 0.25) is 6.33 Å². The Morgan fingerprint density at radius 3 is 1.58 bits per heavy atom. The quantitative estimate of drug-likeness (QED) is 0.131. The zero-order valence-electron chi connectivity index (χ0n) is 22.0. The highest BCUT2D eigenvalue weighted by molar-refractivity contribution is 5.19. The number of imidazole rings is 1. The number of hydrogen-bond donors (Lipinski definition) is 0. The van der Waals surface area contributed by atoms with Crippen LogP contribution in [0.4, 0.5) is 0 Å². The summed E-state index contributed by atoms with van der Waals surface area (Å²) < 4.78 is 4.68. The van der Waals surface area contributed by atoms with Crippen LogP contribution in [0.3, 0.4) is 0 Å². The van der Waals surface area contributed by atoms with Crippen molar-refractivity contribution in [2.75, 3.05) is 0 Å². The third-order valence-electron chi connectivity index (χ3n) is 7.20. The second kappa shape index (κ2) is 18.8. The monoisotopic (exact) mass is 453 g/mol. The highest BCUT2D eigenvalue weighted by Crippen LogP contribution is 2.24. The molecule has 1 heterocycles. The fourth-order valence-electron chi connectivity index (χ4n) is 5.01. The SMILES string of the molecule is CCCCCCCCCCCCCCCCCCC[C@@H](c1ccccc1)n1cc[n+](CC)c1. The van der Waals surface area contributed by atoms with Crippen LogP contribution in [0.5, 0.6) is 0 Å². The van der Waals surface area contributed by atoms with Crippen molar-refractivity contribution in [1.82, 2.24) is 4.57 Å². The van der Waals surface area contributed by atoms with Gasteiger partial charge in [0.15, 0.2) is 0 Å². The van der Waals surface area contributed by atoms with Crippen LogP contribution in [0.1, 0.15) is 141 Å². The Bertz CT molecular complexity index is 675. The molecule has 0 aliphatic rings. The second-order valence-electron chi connectivity index (χ2n) is 10.1. The maximum absolute atomic E-state index is 2.41. The van der Waals surface area contributed by atoms with Crippen molar-refractivity contribution in [2.45, 2.75) is 142 Å². The third-order valence-corrected chi connectivity index (χ3v) is 7.20. The lowest BCUT2D eigenvalue weighted by atomic mass is 9.99. The van der Waals surface area contributed by atoms with Crippen molar-refractivity contribution >= 4 is 0 Å². The topological polar surface area (TPSA) is 8.81 Å². The van der Waals surface area contributed by atoms with Crippen molar-refractivity contribution in [3.05, 3.63) is 54.6 Å². The number of aryl methyl sites for hydroxylation is 1. The summed E-state index contributed by atoms with van der Waals surface area (Å²) in [5.41, 5.74) is 1.44. The van der Waals surface area contributed by atoms with E-state index in [-0.39, 0.29) is 0 Å². The van der Waals surface area contributed by atoms with Gasteiger partial charge in [0.1, 0.15) is 18.4 Å². The van der Waals surface area contributed by atoms with E-state index in [1.165, 1.54) is 121 Å². The van der Waals surface area contributed by atoms with Gasteiger partial charge in [-0.3, -0.25) is 0 Å². The average molecular weight is 454 g/mol. The normalized spacial score (nSPS) is 12.3. The minimum Gasteiger partial charge on any atom is -0.237 e. The van der Waals surface area contributed by atoms with Gasteiger partial charge in [-0.25, -0.2) is 9.13 Å². The molecule has 0 spiro atoms. The van der Waals surface area contributed by atoms with Gasteiger partial charge in [0.05, 0.1) is 6.54 Å². The Labute approximate surface area is 205 Å². The number of hydrogen-bond acceptors (Lipinski definition) is 0. The fourth-order valence-corrected chi connectivity index (χ4v) is 5.01. The fraction of sp³-hybridized carbons (Fsp3) is 0.710. The van der Waals surface area contributed by atoms with E-state index >= 15 is 0 Å². The maximum atomic E-state index is 2.41. The van der Waals surface area contributed by atoms with E-state index in [1.807, 2.05) is 0 Å². The smallest absolute Gasteiger partial charge is 0.237 e. The molecule has 0 N–H and O–H groups in total. The van der Waals surface area contributed by atoms with Crippen LogP contribution in [0, 0.1) is 0 Å². The van der Waals surface area contributed by atoms with E-state index in [1.54, 1.807) is 0 Å². The summed E-state index contributed by atoms with van der Waals surface area (Å²) in [6, 6.07) is 11.5. The average Bonchev–Trinajstić information content (AvgIpc) is 3.33. The van der Waals surface area contributed by atoms with Crippen molar-refractivity contribution in [3.8, 4) is 0 Å². The van der Waals surface area contributed by atoms with Gasteiger partial charge in [-0.15, -0.1) is 0 Å². The van der Waals surface area contributed by atoms with E-state index in [9.17, 15) is 0 Å². The van der Waals surface area contributed by atoms with E-state index < -0.39 is 0 Å². The Hall–Kier alpha value is -1.57. The minimum absolute atomic E-state index is 0.468. The standard InChI is InChI=1S/C31H53N2/c1-3-5-6-7-8-9-10-11-12-13-14-15-16-17-18-19-23-26-31(30-24-21-20-22-25-30)33-28-27-32(4-2)29-33/h20-22,24-25,27-29,31H,3-19,23,26H2,1-2H3/q+1/t31-/m0/s1. The van der Waals surface area contributed by atoms with Gasteiger partial charge in [-0.1, -0.05) is 140 Å². The van der Waals surface area contributed by atoms with Crippen LogP contribution in [0.25, 0.3) is 0 Å². The summed E-state index contributed by atoms with van der Waals surface area (Å²) in [6.07, 6.45) is 32.3. The van der Waals surface area contributed by atoms with Gasteiger partial charge in [0, 0.05) is 0 Å². The molecule has 2 aromatic rings. The second-order valence-corrected chi connectivity index (χ2v) is 10.1. The molecule has 1 atom stereocenters. The van der Waals surface area contributed by atoms with E-state index in [0.29, 0.717) is 6.04 Å². The summed E-state index contributed by atoms with van der Waals surface area (Å²) in [5, 5.41) is 0. The molecule has 0 aliphatic carbocycles. The van der Waals surface area contributed by atoms with Crippen LogP contribution < -0.4 is 4.57 Å². The van der Waals surface area contributed by atoms with E-state index in [0.717, 1.165) is 6.54 Å². The van der Waals surface area contributed by atoms with Crippen molar-refractivity contribution in [1.29, 1.82) is 0 Å². The van der Waals surface area contributed by atoms with Gasteiger partial charge in [-0.2, -0.15) is 0 Å². The molecule has 33 heavy (non-hydrogen) atoms. The molecule has 0 aliphatic heterocycles. The molecule has 0 unspecified atom stereocenters. The first-order valence-electron chi connectivity index (χ1n) is 14.5. The zero-order valence-corrected chi connectivity index (χ0v) is 22.0. The minimum atomic E-state index is 0.468. The number of nitrogens with zero attached hydrogens (tertiary/aromatic N) is 2. The predicted octanol–water partition coefficient (Wildman–Crippen LogP) is 9.43. The van der Waals surface area contributed by atoms with Crippen molar-refractivity contribution < 1.29 is 4.57 Å². The zero-order chi connectivity index (χ0) is 23.4. The lowest BCUT2D eigenvalue weighted by Crippen LogP contribution is -2.29. The van der Waals surface area contributed by atoms with E-state index in [4.69, 9.17) is 0 Å². The van der Waals surface area contributed by atoms with Gasteiger partial charge < -0.3 is 0 Å². The lowest BCUT2D eigenvalue weighted by Gasteiger charge is -2.14. The molecule has 1 aromatic carbocycles. The molecule has 2 heteroatoms. The summed E-state index contributed by atoms with van der Waals surface area (Å²) in [5.74, 6) is 0. The molecule has 2 rings (SSSR count). The molecule has 0 amide bonds. The lowest BCUT2D eigenvalue weighted by molar-refractivity contribution is -0.693. The Balaban J connectivity index is 1.46. The van der Waals surface area contributed by atoms with Crippen LogP contribution >= 0.6 is 0 Å². The van der Waals surface area contributed by atoms with Gasteiger partial charge in [0.25, 0.3) is 0 Å². The summed E-state index contributed by atoms with van der Waals surface area (Å²) in [6.45, 7) is 5.54. The van der Waals surface area contributed by atoms with Gasteiger partial charge >= 0.3 is 0 Å². The molecular formula is C31H53N2+. The first-order chi connectivity index (χ1) is 16.3. The van der Waals surface area contributed by atoms with Crippen LogP contribution in [-0.2, 0) is 6.54 Å². The number of rotatable bonds is 21. The highest BCUT2D eigenvalue weighted by Gasteiger charge is 2.18. The first kappa shape index (κ1) is 27.7. The molecule has 0 saturated heterocycles. The van der Waals surface area contributed by atoms with E-state index in [2.05, 4.69) is 72.0 Å². The van der Waals surface area contributed by atoms with Crippen LogP contribution in [-0.4, -0.2) is 4.57 Å². The van der Waals surface area contributed by atoms with Gasteiger partial charge in [-0.05, 0) is 25.3 Å². The predicted molar refractivity (Wildman–Crippen MR) is 144 cm³/mol. The summed E-state index contributed by atoms with van der Waals surface area (Å²) in [7, 11) is 0. The molecule has 0 bridgehead atoms. The van der Waals surface area contributed by atoms with Crippen LogP contribution in [0.2, 0.25) is 0 Å². The third kappa shape index (κ3) is 12.5. The molecular weight excluding hydrogens is 400 g/mol. The summed E-state index contributed by atoms with van der Waals surface area (Å²) >= 11 is 0. The molecule has 0 radical (unpaired) electrons. The van der Waals surface area contributed by atoms with Crippen molar-refractivity contribution in [3.63, 3.8) is 0 Å². The van der Waals surface area contributed by atoms with Crippen LogP contribution in [0.15, 0.2) is 49.1 Å². The maximum Gasteiger partial charge on any atom is 0.244 e. The Kier molecular flexibility index (Phi) is 15.8. The number of benzene rings is 1. The largest absolute Gasteiger partial charge is 0.244 e. The first-order valence-corrected chi connectivity index (χ1v) is 14.5. The molecule has 0 fully saturated rings. The number of aromatic nitrogens is 2. The molecule has 2 nitrogen and oxygen atoms in total. The Morgan fingerprint density at radius 1 is 0.636 bits per heavy atom. The molecule has 1 aromatic heterocycles. The molecule has 186 valence electrons. The molecule has 0 saturated carbocycles. The van der Waals surface area contributed by atoms with Crippen molar-refractivity contribution in [2.24, 2.45) is 0 Å². The summed E-state index contributed by atoms with van der Waals surface area (Å²) in [4.78, 5) is 0. The highest BCUT2D eigenvalue weighted by atomic mass is 15.1. The Morgan fingerprint density at radius 2 is 1.12 bits per heavy atom. The number of unbranched alkanes of at least 4 members (excludes halogenated alkanes) is 16.